The number of aryl methyl sites for hydroxylation is 1. The second kappa shape index (κ2) is 5.32. The topological polar surface area (TPSA) is 51.6 Å². The van der Waals surface area contributed by atoms with Crippen molar-refractivity contribution in [1.82, 2.24) is 4.98 Å². The molecule has 5 heteroatoms. The lowest BCUT2D eigenvalue weighted by Gasteiger charge is -2.32. The van der Waals surface area contributed by atoms with E-state index in [1.807, 2.05) is 52.7 Å². The summed E-state index contributed by atoms with van der Waals surface area (Å²) in [4.78, 5) is 4.32. The van der Waals surface area contributed by atoms with Crippen LogP contribution in [0.15, 0.2) is 18.2 Å². The summed E-state index contributed by atoms with van der Waals surface area (Å²) in [6.07, 6.45) is 3.58. The molecule has 1 N–H and O–H groups in total. The molecule has 1 saturated heterocycles. The fourth-order valence-electron chi connectivity index (χ4n) is 2.04. The van der Waals surface area contributed by atoms with Crippen molar-refractivity contribution < 1.29 is 14.4 Å². The fourth-order valence-corrected chi connectivity index (χ4v) is 2.04. The van der Waals surface area contributed by atoms with E-state index in [0.717, 1.165) is 16.8 Å². The predicted molar refractivity (Wildman–Crippen MR) is 80.0 cm³/mol. The summed E-state index contributed by atoms with van der Waals surface area (Å²) in [5.74, 6) is 1.88. The van der Waals surface area contributed by atoms with Crippen molar-refractivity contribution in [1.29, 1.82) is 0 Å². The third-order valence-corrected chi connectivity index (χ3v) is 4.04. The smallest absolute Gasteiger partial charge is 0.400 e. The molecule has 0 unspecified atom stereocenters. The lowest BCUT2D eigenvalue weighted by atomic mass is 9.89. The van der Waals surface area contributed by atoms with Crippen molar-refractivity contribution >= 4 is 13.2 Å². The van der Waals surface area contributed by atoms with Crippen molar-refractivity contribution in [2.45, 2.75) is 52.4 Å². The first-order valence-electron chi connectivity index (χ1n) is 6.85. The van der Waals surface area contributed by atoms with Gasteiger partial charge in [-0.3, -0.25) is 4.98 Å². The average molecular weight is 275 g/mol. The van der Waals surface area contributed by atoms with Crippen molar-refractivity contribution in [2.75, 3.05) is 0 Å². The van der Waals surface area contributed by atoms with Crippen LogP contribution in [0.3, 0.4) is 0 Å². The molecule has 1 aliphatic rings. The second-order valence-corrected chi connectivity index (χ2v) is 6.19. The van der Waals surface area contributed by atoms with E-state index >= 15 is 0 Å². The Balaban J connectivity index is 2.12. The summed E-state index contributed by atoms with van der Waals surface area (Å²) in [5.41, 5.74) is 2.03. The minimum Gasteiger partial charge on any atom is -0.400 e. The first-order chi connectivity index (χ1) is 9.25. The van der Waals surface area contributed by atoms with Crippen LogP contribution in [0.4, 0.5) is 0 Å². The summed E-state index contributed by atoms with van der Waals surface area (Å²) in [5, 5.41) is 9.07. The van der Waals surface area contributed by atoms with Crippen LogP contribution in [0, 0.1) is 6.92 Å². The van der Waals surface area contributed by atoms with Gasteiger partial charge in [0.1, 0.15) is 0 Å². The highest BCUT2D eigenvalue weighted by molar-refractivity contribution is 6.52. The van der Waals surface area contributed by atoms with Crippen LogP contribution in [0.2, 0.25) is 0 Å². The van der Waals surface area contributed by atoms with Gasteiger partial charge in [-0.15, -0.1) is 0 Å². The van der Waals surface area contributed by atoms with E-state index in [1.165, 1.54) is 0 Å². The molecule has 1 aliphatic heterocycles. The molecular formula is C15H22BNO3. The van der Waals surface area contributed by atoms with Gasteiger partial charge in [0.25, 0.3) is 0 Å². The Morgan fingerprint density at radius 1 is 1.25 bits per heavy atom. The Morgan fingerprint density at radius 2 is 1.85 bits per heavy atom. The van der Waals surface area contributed by atoms with Crippen LogP contribution in [-0.4, -0.2) is 28.4 Å². The predicted octanol–water partition coefficient (Wildman–Crippen LogP) is 2.53. The van der Waals surface area contributed by atoms with Gasteiger partial charge in [-0.2, -0.15) is 0 Å². The van der Waals surface area contributed by atoms with Gasteiger partial charge < -0.3 is 14.4 Å². The zero-order chi connectivity index (χ0) is 15.0. The number of aliphatic hydroxyl groups is 1. The Bertz CT molecular complexity index is 510. The van der Waals surface area contributed by atoms with Gasteiger partial charge in [0, 0.05) is 6.20 Å². The van der Waals surface area contributed by atoms with E-state index < -0.39 is 0 Å². The molecular weight excluding hydrogens is 253 g/mol. The maximum atomic E-state index is 9.07. The third kappa shape index (κ3) is 2.95. The first kappa shape index (κ1) is 15.2. The number of aromatic nitrogens is 1. The molecule has 0 saturated carbocycles. The summed E-state index contributed by atoms with van der Waals surface area (Å²) >= 11 is 0. The van der Waals surface area contributed by atoms with E-state index in [0.29, 0.717) is 0 Å². The van der Waals surface area contributed by atoms with E-state index in [2.05, 4.69) is 4.98 Å². The molecule has 0 spiro atoms. The van der Waals surface area contributed by atoms with E-state index in [9.17, 15) is 0 Å². The lowest BCUT2D eigenvalue weighted by Crippen LogP contribution is -2.41. The van der Waals surface area contributed by atoms with Crippen LogP contribution in [0.25, 0.3) is 6.08 Å². The normalized spacial score (nSPS) is 20.8. The molecule has 4 nitrogen and oxygen atoms in total. The average Bonchev–Trinajstić information content (AvgIpc) is 2.56. The molecule has 108 valence electrons. The molecule has 0 atom stereocenters. The zero-order valence-electron chi connectivity index (χ0n) is 12.8. The first-order valence-corrected chi connectivity index (χ1v) is 6.85. The van der Waals surface area contributed by atoms with E-state index in [1.54, 1.807) is 6.20 Å². The van der Waals surface area contributed by atoms with Crippen molar-refractivity contribution in [3.8, 4) is 0 Å². The molecule has 20 heavy (non-hydrogen) atoms. The molecule has 0 radical (unpaired) electrons. The Hall–Kier alpha value is -1.17. The Kier molecular flexibility index (Phi) is 4.05. The monoisotopic (exact) mass is 275 g/mol. The summed E-state index contributed by atoms with van der Waals surface area (Å²) in [6.45, 7) is 10.1. The number of rotatable bonds is 3. The molecule has 1 aromatic heterocycles. The van der Waals surface area contributed by atoms with Crippen LogP contribution in [0.1, 0.15) is 44.5 Å². The number of hydrogen-bond acceptors (Lipinski definition) is 4. The quantitative estimate of drug-likeness (QED) is 0.861. The standard InChI is InChI=1S/C15H22BNO3/c1-11-8-12(10-18)9-17-13(11)6-7-16-19-14(2,3)15(4,5)20-16/h6-9,18H,10H2,1-5H3/b7-6+. The molecule has 2 heterocycles. The molecule has 0 aliphatic carbocycles. The summed E-state index contributed by atoms with van der Waals surface area (Å²) in [6, 6.07) is 1.93. The highest BCUT2D eigenvalue weighted by atomic mass is 16.7. The number of hydrogen-bond donors (Lipinski definition) is 1. The SMILES string of the molecule is Cc1cc(CO)cnc1/C=C/B1OC(C)(C)C(C)(C)O1. The molecule has 2 rings (SSSR count). The van der Waals surface area contributed by atoms with Crippen LogP contribution in [-0.2, 0) is 15.9 Å². The molecule has 0 aromatic carbocycles. The summed E-state index contributed by atoms with van der Waals surface area (Å²) < 4.78 is 11.8. The van der Waals surface area contributed by atoms with Gasteiger partial charge in [-0.25, -0.2) is 0 Å². The van der Waals surface area contributed by atoms with Gasteiger partial charge in [-0.05, 0) is 51.8 Å². The zero-order valence-corrected chi connectivity index (χ0v) is 12.8. The van der Waals surface area contributed by atoms with Gasteiger partial charge in [0.2, 0.25) is 0 Å². The second-order valence-electron chi connectivity index (χ2n) is 6.19. The van der Waals surface area contributed by atoms with Crippen molar-refractivity contribution in [3.05, 3.63) is 35.1 Å². The highest BCUT2D eigenvalue weighted by Gasteiger charge is 2.49. The van der Waals surface area contributed by atoms with E-state index in [4.69, 9.17) is 14.4 Å². The van der Waals surface area contributed by atoms with E-state index in [-0.39, 0.29) is 24.9 Å². The largest absolute Gasteiger partial charge is 0.487 e. The Morgan fingerprint density at radius 3 is 2.35 bits per heavy atom. The summed E-state index contributed by atoms with van der Waals surface area (Å²) in [7, 11) is -0.362. The molecule has 0 amide bonds. The maximum absolute atomic E-state index is 9.07. The molecule has 1 aromatic rings. The maximum Gasteiger partial charge on any atom is 0.487 e. The minimum atomic E-state index is -0.362. The molecule has 1 fully saturated rings. The Labute approximate surface area is 121 Å². The van der Waals surface area contributed by atoms with Gasteiger partial charge in [0.15, 0.2) is 0 Å². The van der Waals surface area contributed by atoms with Crippen LogP contribution in [0.5, 0.6) is 0 Å². The van der Waals surface area contributed by atoms with Crippen molar-refractivity contribution in [2.24, 2.45) is 0 Å². The lowest BCUT2D eigenvalue weighted by molar-refractivity contribution is 0.00578. The third-order valence-electron chi connectivity index (χ3n) is 4.04. The van der Waals surface area contributed by atoms with Crippen LogP contribution >= 0.6 is 0 Å². The van der Waals surface area contributed by atoms with Crippen LogP contribution < -0.4 is 0 Å². The van der Waals surface area contributed by atoms with Crippen molar-refractivity contribution in [3.63, 3.8) is 0 Å². The van der Waals surface area contributed by atoms with Gasteiger partial charge in [-0.1, -0.05) is 12.0 Å². The van der Waals surface area contributed by atoms with Gasteiger partial charge in [0.05, 0.1) is 23.5 Å². The number of nitrogens with zero attached hydrogens (tertiary/aromatic N) is 1. The molecule has 0 bridgehead atoms. The number of pyridine rings is 1. The fraction of sp³-hybridized carbons (Fsp3) is 0.533. The highest BCUT2D eigenvalue weighted by Crippen LogP contribution is 2.37. The minimum absolute atomic E-state index is 0.00899. The van der Waals surface area contributed by atoms with Gasteiger partial charge >= 0.3 is 7.12 Å². The number of aliphatic hydroxyl groups excluding tert-OH is 1.